The van der Waals surface area contributed by atoms with E-state index in [0.717, 1.165) is 22.3 Å². The molecule has 0 aliphatic heterocycles. The Labute approximate surface area is 156 Å². The predicted octanol–water partition coefficient (Wildman–Crippen LogP) is 6.52. The maximum absolute atomic E-state index is 12.9. The summed E-state index contributed by atoms with van der Waals surface area (Å²) >= 11 is 0. The summed E-state index contributed by atoms with van der Waals surface area (Å²) in [5.74, 6) is 0.128. The smallest absolute Gasteiger partial charge is 0.186 e. The van der Waals surface area contributed by atoms with E-state index in [1.165, 1.54) is 0 Å². The van der Waals surface area contributed by atoms with Crippen molar-refractivity contribution in [2.75, 3.05) is 0 Å². The number of ketones is 1. The largest absolute Gasteiger partial charge is 0.289 e. The minimum atomic E-state index is -0.217. The van der Waals surface area contributed by atoms with E-state index in [4.69, 9.17) is 0 Å². The number of Topliss-reactive ketones (excluding diaryl/α,β-unsaturated/α-hetero) is 1. The van der Waals surface area contributed by atoms with Crippen molar-refractivity contribution < 1.29 is 4.79 Å². The fourth-order valence-corrected chi connectivity index (χ4v) is 2.66. The van der Waals surface area contributed by atoms with Crippen molar-refractivity contribution in [3.8, 4) is 0 Å². The molecule has 0 saturated carbocycles. The van der Waals surface area contributed by atoms with E-state index in [1.54, 1.807) is 12.4 Å². The van der Waals surface area contributed by atoms with Crippen LogP contribution in [0.3, 0.4) is 0 Å². The summed E-state index contributed by atoms with van der Waals surface area (Å²) in [6.07, 6.45) is 9.14. The molecule has 26 heavy (non-hydrogen) atoms. The van der Waals surface area contributed by atoms with Crippen LogP contribution in [0.25, 0.3) is 6.08 Å². The third kappa shape index (κ3) is 5.22. The zero-order chi connectivity index (χ0) is 19.4. The van der Waals surface area contributed by atoms with Gasteiger partial charge in [-0.05, 0) is 40.2 Å². The molecule has 0 bridgehead atoms. The van der Waals surface area contributed by atoms with Crippen molar-refractivity contribution in [2.45, 2.75) is 41.5 Å². The van der Waals surface area contributed by atoms with Crippen LogP contribution < -0.4 is 0 Å². The highest BCUT2D eigenvalue weighted by atomic mass is 16.1. The van der Waals surface area contributed by atoms with Crippen LogP contribution in [-0.4, -0.2) is 5.78 Å². The Hall–Kier alpha value is -2.55. The van der Waals surface area contributed by atoms with E-state index in [9.17, 15) is 4.79 Å². The van der Waals surface area contributed by atoms with Crippen molar-refractivity contribution in [2.24, 2.45) is 21.1 Å². The maximum atomic E-state index is 12.9. The quantitative estimate of drug-likeness (QED) is 0.573. The van der Waals surface area contributed by atoms with Crippen LogP contribution in [0, 0.1) is 10.8 Å². The SMILES string of the molecule is CC(C)(C)C1=CC(=C/N=N/C=C/c2ccccc2)C=C(C(C)(C)C)C1=O. The van der Waals surface area contributed by atoms with Gasteiger partial charge in [0, 0.05) is 11.1 Å². The summed E-state index contributed by atoms with van der Waals surface area (Å²) < 4.78 is 0. The molecule has 3 heteroatoms. The molecule has 0 spiro atoms. The van der Waals surface area contributed by atoms with Gasteiger partial charge in [-0.3, -0.25) is 4.79 Å². The topological polar surface area (TPSA) is 41.8 Å². The Kier molecular flexibility index (Phi) is 5.91. The van der Waals surface area contributed by atoms with Gasteiger partial charge in [0.1, 0.15) is 0 Å². The Morgan fingerprint density at radius 1 is 0.808 bits per heavy atom. The second-order valence-corrected chi connectivity index (χ2v) is 8.53. The van der Waals surface area contributed by atoms with Gasteiger partial charge in [-0.1, -0.05) is 71.9 Å². The summed E-state index contributed by atoms with van der Waals surface area (Å²) in [5, 5.41) is 8.22. The number of nitrogens with zero attached hydrogens (tertiary/aromatic N) is 2. The third-order valence-corrected chi connectivity index (χ3v) is 4.13. The lowest BCUT2D eigenvalue weighted by molar-refractivity contribution is -0.114. The van der Waals surface area contributed by atoms with Crippen LogP contribution in [0.2, 0.25) is 0 Å². The van der Waals surface area contributed by atoms with Crippen LogP contribution in [0.4, 0.5) is 0 Å². The highest BCUT2D eigenvalue weighted by molar-refractivity contribution is 6.11. The summed E-state index contributed by atoms with van der Waals surface area (Å²) in [4.78, 5) is 12.9. The van der Waals surface area contributed by atoms with Gasteiger partial charge in [-0.25, -0.2) is 0 Å². The van der Waals surface area contributed by atoms with Crippen LogP contribution in [-0.2, 0) is 4.79 Å². The minimum Gasteiger partial charge on any atom is -0.289 e. The maximum Gasteiger partial charge on any atom is 0.186 e. The zero-order valence-electron chi connectivity index (χ0n) is 16.6. The van der Waals surface area contributed by atoms with Crippen LogP contribution in [0.1, 0.15) is 47.1 Å². The lowest BCUT2D eigenvalue weighted by Crippen LogP contribution is -2.27. The van der Waals surface area contributed by atoms with Gasteiger partial charge < -0.3 is 0 Å². The number of allylic oxidation sites excluding steroid dienone is 5. The molecule has 1 aliphatic rings. The molecule has 2 rings (SSSR count). The normalized spacial score (nSPS) is 16.2. The Balaban J connectivity index is 2.27. The Morgan fingerprint density at radius 3 is 1.85 bits per heavy atom. The molecule has 1 aromatic rings. The molecule has 1 aliphatic carbocycles. The van der Waals surface area contributed by atoms with Gasteiger partial charge in [-0.2, -0.15) is 10.2 Å². The lowest BCUT2D eigenvalue weighted by Gasteiger charge is -2.31. The number of carbonyl (C=O) groups excluding carboxylic acids is 1. The number of benzene rings is 1. The second-order valence-electron chi connectivity index (χ2n) is 8.53. The van der Waals surface area contributed by atoms with Gasteiger partial charge in [-0.15, -0.1) is 0 Å². The van der Waals surface area contributed by atoms with Crippen molar-refractivity contribution in [1.29, 1.82) is 0 Å². The molecule has 0 aromatic heterocycles. The van der Waals surface area contributed by atoms with Crippen molar-refractivity contribution >= 4 is 11.9 Å². The molecule has 0 radical (unpaired) electrons. The molecule has 3 nitrogen and oxygen atoms in total. The van der Waals surface area contributed by atoms with Gasteiger partial charge >= 0.3 is 0 Å². The fraction of sp³-hybridized carbons (Fsp3) is 0.348. The van der Waals surface area contributed by atoms with Gasteiger partial charge in [0.05, 0.1) is 12.4 Å². The van der Waals surface area contributed by atoms with Gasteiger partial charge in [0.25, 0.3) is 0 Å². The molecule has 0 fully saturated rings. The first-order valence-electron chi connectivity index (χ1n) is 8.90. The third-order valence-electron chi connectivity index (χ3n) is 4.13. The first kappa shape index (κ1) is 19.8. The van der Waals surface area contributed by atoms with Crippen LogP contribution >= 0.6 is 0 Å². The molecule has 0 unspecified atom stereocenters. The molecular weight excluding hydrogens is 320 g/mol. The zero-order valence-corrected chi connectivity index (χ0v) is 16.6. The average molecular weight is 348 g/mol. The van der Waals surface area contributed by atoms with E-state index < -0.39 is 0 Å². The molecule has 1 aromatic carbocycles. The fourth-order valence-electron chi connectivity index (χ4n) is 2.66. The summed E-state index contributed by atoms with van der Waals surface area (Å²) in [6, 6.07) is 9.96. The lowest BCUT2D eigenvalue weighted by atomic mass is 9.72. The highest BCUT2D eigenvalue weighted by Crippen LogP contribution is 2.38. The molecule has 0 heterocycles. The van der Waals surface area contributed by atoms with Crippen LogP contribution in [0.5, 0.6) is 0 Å². The van der Waals surface area contributed by atoms with Crippen LogP contribution in [0.15, 0.2) is 81.8 Å². The summed E-state index contributed by atoms with van der Waals surface area (Å²) in [7, 11) is 0. The highest BCUT2D eigenvalue weighted by Gasteiger charge is 2.33. The van der Waals surface area contributed by atoms with E-state index >= 15 is 0 Å². The number of rotatable bonds is 3. The molecule has 136 valence electrons. The molecule has 0 N–H and O–H groups in total. The van der Waals surface area contributed by atoms with Crippen molar-refractivity contribution in [3.63, 3.8) is 0 Å². The summed E-state index contributed by atoms with van der Waals surface area (Å²) in [6.45, 7) is 12.4. The van der Waals surface area contributed by atoms with E-state index in [1.807, 2.05) is 48.6 Å². The molecular formula is C23H28N2O. The number of hydrogen-bond acceptors (Lipinski definition) is 3. The molecule has 0 saturated heterocycles. The van der Waals surface area contributed by atoms with E-state index in [-0.39, 0.29) is 16.6 Å². The first-order valence-corrected chi connectivity index (χ1v) is 8.90. The monoisotopic (exact) mass is 348 g/mol. The number of hydrogen-bond donors (Lipinski definition) is 0. The Bertz CT molecular complexity index is 772. The van der Waals surface area contributed by atoms with Crippen molar-refractivity contribution in [3.05, 3.63) is 77.2 Å². The standard InChI is InChI=1S/C23H28N2O/c1-22(2,3)19-14-18(15-20(21(19)26)23(4,5)6)16-25-24-13-12-17-10-8-7-9-11-17/h7-16H,1-6H3/b13-12+,25-24+. The van der Waals surface area contributed by atoms with Gasteiger partial charge in [0.15, 0.2) is 5.78 Å². The number of azo groups is 1. The van der Waals surface area contributed by atoms with E-state index in [2.05, 4.69) is 51.8 Å². The molecule has 0 amide bonds. The first-order chi connectivity index (χ1) is 12.1. The van der Waals surface area contributed by atoms with Gasteiger partial charge in [0.2, 0.25) is 0 Å². The minimum absolute atomic E-state index is 0.128. The predicted molar refractivity (Wildman–Crippen MR) is 108 cm³/mol. The Morgan fingerprint density at radius 2 is 1.35 bits per heavy atom. The average Bonchev–Trinajstić information content (AvgIpc) is 2.54. The number of carbonyl (C=O) groups is 1. The molecule has 0 atom stereocenters. The van der Waals surface area contributed by atoms with E-state index in [0.29, 0.717) is 0 Å². The second kappa shape index (κ2) is 7.77. The van der Waals surface area contributed by atoms with Crippen molar-refractivity contribution in [1.82, 2.24) is 0 Å². The summed E-state index contributed by atoms with van der Waals surface area (Å²) in [5.41, 5.74) is 3.16.